The summed E-state index contributed by atoms with van der Waals surface area (Å²) in [6.07, 6.45) is 2.92. The van der Waals surface area contributed by atoms with Gasteiger partial charge in [-0.3, -0.25) is 0 Å². The highest BCUT2D eigenvalue weighted by Gasteiger charge is 2.05. The van der Waals surface area contributed by atoms with E-state index in [1.54, 1.807) is 0 Å². The summed E-state index contributed by atoms with van der Waals surface area (Å²) in [4.78, 5) is 2.28. The van der Waals surface area contributed by atoms with Crippen LogP contribution in [0.5, 0.6) is 0 Å². The molecule has 0 atom stereocenters. The van der Waals surface area contributed by atoms with Gasteiger partial charge in [-0.15, -0.1) is 0 Å². The Morgan fingerprint density at radius 3 is 2.81 bits per heavy atom. The first-order chi connectivity index (χ1) is 7.77. The molecule has 0 amide bonds. The van der Waals surface area contributed by atoms with E-state index in [-0.39, 0.29) is 0 Å². The first kappa shape index (κ1) is 13.1. The van der Waals surface area contributed by atoms with Crippen LogP contribution in [0.15, 0.2) is 28.7 Å². The minimum atomic E-state index is 0.580. The van der Waals surface area contributed by atoms with Gasteiger partial charge in [-0.2, -0.15) is 5.26 Å². The van der Waals surface area contributed by atoms with Crippen LogP contribution in [0.2, 0.25) is 0 Å². The third-order valence-corrected chi connectivity index (χ3v) is 2.94. The smallest absolute Gasteiger partial charge is 0.0640 e. The molecule has 0 aliphatic carbocycles. The Morgan fingerprint density at radius 2 is 2.19 bits per heavy atom. The Labute approximate surface area is 106 Å². The lowest BCUT2D eigenvalue weighted by Crippen LogP contribution is -2.25. The second-order valence-corrected chi connectivity index (χ2v) is 4.64. The fraction of sp³-hybridized carbons (Fsp3) is 0.462. The molecule has 0 aliphatic rings. The minimum absolute atomic E-state index is 0.580. The summed E-state index contributed by atoms with van der Waals surface area (Å²) in [5.74, 6) is 0. The summed E-state index contributed by atoms with van der Waals surface area (Å²) in [7, 11) is 0. The Bertz CT molecular complexity index is 357. The normalized spacial score (nSPS) is 9.81. The van der Waals surface area contributed by atoms with Crippen molar-refractivity contribution in [3.05, 3.63) is 28.7 Å². The number of rotatable bonds is 6. The first-order valence-corrected chi connectivity index (χ1v) is 6.44. The van der Waals surface area contributed by atoms with E-state index in [0.717, 1.165) is 24.0 Å². The van der Waals surface area contributed by atoms with Gasteiger partial charge in [0, 0.05) is 23.2 Å². The number of anilines is 1. The van der Waals surface area contributed by atoms with E-state index in [9.17, 15) is 0 Å². The molecule has 2 nitrogen and oxygen atoms in total. The zero-order valence-electron chi connectivity index (χ0n) is 9.62. The largest absolute Gasteiger partial charge is 0.370 e. The van der Waals surface area contributed by atoms with Gasteiger partial charge in [-0.25, -0.2) is 0 Å². The molecule has 0 bridgehead atoms. The molecule has 0 aliphatic heterocycles. The van der Waals surface area contributed by atoms with Crippen LogP contribution in [-0.2, 0) is 0 Å². The lowest BCUT2D eigenvalue weighted by Gasteiger charge is -2.23. The van der Waals surface area contributed by atoms with Crippen molar-refractivity contribution in [3.63, 3.8) is 0 Å². The fourth-order valence-electron chi connectivity index (χ4n) is 1.58. The van der Waals surface area contributed by atoms with Crippen molar-refractivity contribution in [2.45, 2.75) is 26.2 Å². The maximum atomic E-state index is 8.66. The Morgan fingerprint density at radius 1 is 1.38 bits per heavy atom. The number of nitrogens with zero attached hydrogens (tertiary/aromatic N) is 2. The van der Waals surface area contributed by atoms with E-state index in [4.69, 9.17) is 5.26 Å². The van der Waals surface area contributed by atoms with Gasteiger partial charge in [0.05, 0.1) is 12.5 Å². The van der Waals surface area contributed by atoms with Crippen molar-refractivity contribution >= 4 is 21.6 Å². The second kappa shape index (κ2) is 7.29. The molecule has 0 fully saturated rings. The second-order valence-electron chi connectivity index (χ2n) is 3.73. The van der Waals surface area contributed by atoms with Gasteiger partial charge >= 0.3 is 0 Å². The Hall–Kier alpha value is -1.01. The Kier molecular flexibility index (Phi) is 5.95. The van der Waals surface area contributed by atoms with E-state index in [1.165, 1.54) is 12.1 Å². The average Bonchev–Trinajstić information content (AvgIpc) is 2.29. The molecule has 0 N–H and O–H groups in total. The fourth-order valence-corrected chi connectivity index (χ4v) is 1.96. The molecular formula is C13H17BrN2. The number of unbranched alkanes of at least 4 members (excludes halogenated alkanes) is 1. The molecule has 16 heavy (non-hydrogen) atoms. The van der Waals surface area contributed by atoms with Crippen LogP contribution in [0, 0.1) is 11.3 Å². The molecule has 1 rings (SSSR count). The summed E-state index contributed by atoms with van der Waals surface area (Å²) in [5, 5.41) is 8.66. The van der Waals surface area contributed by atoms with E-state index < -0.39 is 0 Å². The van der Waals surface area contributed by atoms with Gasteiger partial charge in [-0.1, -0.05) is 35.3 Å². The summed E-state index contributed by atoms with van der Waals surface area (Å²) in [6.45, 7) is 4.02. The summed E-state index contributed by atoms with van der Waals surface area (Å²) in [5.41, 5.74) is 1.19. The molecule has 0 spiro atoms. The average molecular weight is 281 g/mol. The highest BCUT2D eigenvalue weighted by Crippen LogP contribution is 2.20. The van der Waals surface area contributed by atoms with Crippen molar-refractivity contribution in [1.82, 2.24) is 0 Å². The third-order valence-electron chi connectivity index (χ3n) is 2.45. The summed E-state index contributed by atoms with van der Waals surface area (Å²) >= 11 is 3.48. The van der Waals surface area contributed by atoms with Crippen LogP contribution >= 0.6 is 15.9 Å². The van der Waals surface area contributed by atoms with Crippen LogP contribution < -0.4 is 4.90 Å². The van der Waals surface area contributed by atoms with Gasteiger partial charge in [0.15, 0.2) is 0 Å². The summed E-state index contributed by atoms with van der Waals surface area (Å²) in [6, 6.07) is 10.5. The van der Waals surface area contributed by atoms with Crippen LogP contribution in [0.25, 0.3) is 0 Å². The SMILES string of the molecule is CCCCN(CCC#N)c1cccc(Br)c1. The molecule has 0 aromatic heterocycles. The maximum Gasteiger partial charge on any atom is 0.0640 e. The van der Waals surface area contributed by atoms with E-state index in [2.05, 4.69) is 46.0 Å². The van der Waals surface area contributed by atoms with Gasteiger partial charge in [0.2, 0.25) is 0 Å². The lowest BCUT2D eigenvalue weighted by molar-refractivity contribution is 0.718. The molecule has 0 heterocycles. The Balaban J connectivity index is 2.70. The van der Waals surface area contributed by atoms with Gasteiger partial charge < -0.3 is 4.90 Å². The van der Waals surface area contributed by atoms with Crippen molar-refractivity contribution in [2.24, 2.45) is 0 Å². The molecule has 0 unspecified atom stereocenters. The molecular weight excluding hydrogens is 264 g/mol. The molecule has 1 aromatic rings. The van der Waals surface area contributed by atoms with Crippen LogP contribution in [0.4, 0.5) is 5.69 Å². The number of hydrogen-bond donors (Lipinski definition) is 0. The predicted molar refractivity (Wildman–Crippen MR) is 71.5 cm³/mol. The third kappa shape index (κ3) is 4.24. The molecule has 0 radical (unpaired) electrons. The van der Waals surface area contributed by atoms with Gasteiger partial charge in [0.25, 0.3) is 0 Å². The lowest BCUT2D eigenvalue weighted by atomic mass is 10.2. The van der Waals surface area contributed by atoms with Crippen molar-refractivity contribution in [3.8, 4) is 6.07 Å². The topological polar surface area (TPSA) is 27.0 Å². The molecule has 0 saturated carbocycles. The summed E-state index contributed by atoms with van der Waals surface area (Å²) < 4.78 is 1.09. The zero-order chi connectivity index (χ0) is 11.8. The van der Waals surface area contributed by atoms with Crippen molar-refractivity contribution in [1.29, 1.82) is 5.26 Å². The zero-order valence-corrected chi connectivity index (χ0v) is 11.2. The van der Waals surface area contributed by atoms with Crippen LogP contribution in [0.1, 0.15) is 26.2 Å². The molecule has 0 saturated heterocycles. The van der Waals surface area contributed by atoms with Gasteiger partial charge in [0.1, 0.15) is 0 Å². The van der Waals surface area contributed by atoms with Crippen molar-refractivity contribution < 1.29 is 0 Å². The molecule has 1 aromatic carbocycles. The van der Waals surface area contributed by atoms with Crippen molar-refractivity contribution in [2.75, 3.05) is 18.0 Å². The number of nitriles is 1. The van der Waals surface area contributed by atoms with E-state index in [1.807, 2.05) is 12.1 Å². The first-order valence-electron chi connectivity index (χ1n) is 5.65. The van der Waals surface area contributed by atoms with Crippen LogP contribution in [-0.4, -0.2) is 13.1 Å². The highest BCUT2D eigenvalue weighted by molar-refractivity contribution is 9.10. The minimum Gasteiger partial charge on any atom is -0.370 e. The number of halogens is 1. The maximum absolute atomic E-state index is 8.66. The molecule has 3 heteroatoms. The number of benzene rings is 1. The van der Waals surface area contributed by atoms with E-state index >= 15 is 0 Å². The quantitative estimate of drug-likeness (QED) is 0.789. The highest BCUT2D eigenvalue weighted by atomic mass is 79.9. The monoisotopic (exact) mass is 280 g/mol. The standard InChI is InChI=1S/C13H17BrN2/c1-2-3-9-16(10-5-8-15)13-7-4-6-12(14)11-13/h4,6-7,11H,2-3,5,9-10H2,1H3. The predicted octanol–water partition coefficient (Wildman–Crippen LogP) is 3.97. The van der Waals surface area contributed by atoms with E-state index in [0.29, 0.717) is 6.42 Å². The molecule has 86 valence electrons. The van der Waals surface area contributed by atoms with Crippen LogP contribution in [0.3, 0.4) is 0 Å². The number of hydrogen-bond acceptors (Lipinski definition) is 2. The van der Waals surface area contributed by atoms with Gasteiger partial charge in [-0.05, 0) is 24.6 Å².